The Bertz CT molecular complexity index is 719. The van der Waals surface area contributed by atoms with Crippen molar-refractivity contribution in [2.24, 2.45) is 0 Å². The molecule has 2 aromatic rings. The van der Waals surface area contributed by atoms with Crippen molar-refractivity contribution in [3.63, 3.8) is 0 Å². The average molecular weight is 388 g/mol. The number of aromatic nitrogens is 1. The minimum absolute atomic E-state index is 0.406. The number of halogens is 3. The fourth-order valence-electron chi connectivity index (χ4n) is 2.12. The summed E-state index contributed by atoms with van der Waals surface area (Å²) in [5.74, 6) is 0.622. The summed E-state index contributed by atoms with van der Waals surface area (Å²) in [6.07, 6.45) is -2.61. The maximum absolute atomic E-state index is 12.7. The molecule has 0 saturated carbocycles. The van der Waals surface area contributed by atoms with Crippen LogP contribution in [0.2, 0.25) is 0 Å². The summed E-state index contributed by atoms with van der Waals surface area (Å²) in [4.78, 5) is 11.9. The van der Waals surface area contributed by atoms with Gasteiger partial charge >= 0.3 is 0 Å². The van der Waals surface area contributed by atoms with Crippen molar-refractivity contribution >= 4 is 15.9 Å². The summed E-state index contributed by atoms with van der Waals surface area (Å²) in [6, 6.07) is 9.63. The van der Waals surface area contributed by atoms with Crippen LogP contribution in [0.4, 0.5) is 8.78 Å². The molecule has 0 amide bonds. The summed E-state index contributed by atoms with van der Waals surface area (Å²) in [5.41, 5.74) is 0.602. The molecule has 1 aromatic carbocycles. The van der Waals surface area contributed by atoms with E-state index in [1.165, 1.54) is 6.07 Å². The fourth-order valence-corrected chi connectivity index (χ4v) is 2.68. The third kappa shape index (κ3) is 4.62. The zero-order valence-electron chi connectivity index (χ0n) is 12.5. The smallest absolute Gasteiger partial charge is 0.256 e. The first-order chi connectivity index (χ1) is 11.0. The van der Waals surface area contributed by atoms with E-state index in [0.717, 1.165) is 4.57 Å². The Balaban J connectivity index is 2.35. The lowest BCUT2D eigenvalue weighted by atomic mass is 10.1. The van der Waals surface area contributed by atoms with E-state index in [4.69, 9.17) is 9.47 Å². The molecule has 0 aliphatic carbocycles. The summed E-state index contributed by atoms with van der Waals surface area (Å²) in [7, 11) is 1.58. The lowest BCUT2D eigenvalue weighted by Crippen LogP contribution is -2.24. The summed E-state index contributed by atoms with van der Waals surface area (Å²) in [6.45, 7) is 0.225. The molecule has 0 atom stereocenters. The normalized spacial score (nSPS) is 11.0. The number of hydrogen-bond donors (Lipinski definition) is 0. The molecule has 0 aliphatic heterocycles. The number of nitrogens with zero attached hydrogens (tertiary/aromatic N) is 1. The van der Waals surface area contributed by atoms with Gasteiger partial charge in [-0.25, -0.2) is 8.78 Å². The Morgan fingerprint density at radius 2 is 2.00 bits per heavy atom. The second kappa shape index (κ2) is 8.21. The van der Waals surface area contributed by atoms with Crippen LogP contribution in [0.5, 0.6) is 5.75 Å². The van der Waals surface area contributed by atoms with Gasteiger partial charge in [-0.1, -0.05) is 6.07 Å². The highest BCUT2D eigenvalue weighted by Crippen LogP contribution is 2.31. The van der Waals surface area contributed by atoms with Gasteiger partial charge in [0.25, 0.3) is 12.0 Å². The number of methoxy groups -OCH3 is 1. The number of pyridine rings is 1. The molecule has 0 unspecified atom stereocenters. The first kappa shape index (κ1) is 17.6. The molecule has 1 aromatic heterocycles. The number of alkyl halides is 2. The average Bonchev–Trinajstić information content (AvgIpc) is 2.50. The van der Waals surface area contributed by atoms with Gasteiger partial charge in [0.1, 0.15) is 12.4 Å². The molecule has 0 radical (unpaired) electrons. The minimum atomic E-state index is -2.61. The Morgan fingerprint density at radius 1 is 1.22 bits per heavy atom. The molecule has 1 heterocycles. The van der Waals surface area contributed by atoms with E-state index in [1.54, 1.807) is 37.4 Å². The first-order valence-electron chi connectivity index (χ1n) is 6.92. The molecule has 0 spiro atoms. The lowest BCUT2D eigenvalue weighted by molar-refractivity contribution is 0.126. The van der Waals surface area contributed by atoms with Crippen LogP contribution < -0.4 is 10.3 Å². The van der Waals surface area contributed by atoms with Gasteiger partial charge in [-0.05, 0) is 40.2 Å². The van der Waals surface area contributed by atoms with E-state index >= 15 is 0 Å². The van der Waals surface area contributed by atoms with Gasteiger partial charge in [-0.2, -0.15) is 0 Å². The molecule has 0 fully saturated rings. The molecule has 0 aliphatic rings. The van der Waals surface area contributed by atoms with Crippen molar-refractivity contribution < 1.29 is 18.3 Å². The highest BCUT2D eigenvalue weighted by molar-refractivity contribution is 9.10. The third-order valence-electron chi connectivity index (χ3n) is 3.14. The molecular weight excluding hydrogens is 372 g/mol. The van der Waals surface area contributed by atoms with Gasteiger partial charge in [-0.15, -0.1) is 0 Å². The largest absolute Gasteiger partial charge is 0.491 e. The predicted octanol–water partition coefficient (Wildman–Crippen LogP) is 3.57. The standard InChI is InChI=1S/C16H16BrF2NO3/c1-22-7-8-23-11-5-6-12(13(17)9-11)14-3-2-4-16(21)20(14)10-15(18)19/h2-6,9,15H,7-8,10H2,1H3. The second-order valence-corrected chi connectivity index (χ2v) is 5.59. The van der Waals surface area contributed by atoms with Crippen LogP contribution >= 0.6 is 15.9 Å². The summed E-state index contributed by atoms with van der Waals surface area (Å²) < 4.78 is 37.6. The van der Waals surface area contributed by atoms with Gasteiger partial charge in [0.2, 0.25) is 0 Å². The number of ether oxygens (including phenoxy) is 2. The zero-order chi connectivity index (χ0) is 16.8. The topological polar surface area (TPSA) is 40.5 Å². The van der Waals surface area contributed by atoms with E-state index in [0.29, 0.717) is 34.7 Å². The maximum atomic E-state index is 12.7. The van der Waals surface area contributed by atoms with Gasteiger partial charge in [0, 0.05) is 23.2 Å². The van der Waals surface area contributed by atoms with Crippen molar-refractivity contribution in [3.8, 4) is 17.0 Å². The predicted molar refractivity (Wildman–Crippen MR) is 87.2 cm³/mol. The number of benzene rings is 1. The van der Waals surface area contributed by atoms with Crippen LogP contribution in [0.15, 0.2) is 45.7 Å². The molecule has 2 rings (SSSR count). The SMILES string of the molecule is COCCOc1ccc(-c2cccc(=O)n2CC(F)F)c(Br)c1. The number of hydrogen-bond acceptors (Lipinski definition) is 3. The molecule has 23 heavy (non-hydrogen) atoms. The van der Waals surface area contributed by atoms with Crippen LogP contribution in [-0.2, 0) is 11.3 Å². The van der Waals surface area contributed by atoms with E-state index in [-0.39, 0.29) is 0 Å². The first-order valence-corrected chi connectivity index (χ1v) is 7.72. The van der Waals surface area contributed by atoms with E-state index in [9.17, 15) is 13.6 Å². The maximum Gasteiger partial charge on any atom is 0.256 e. The van der Waals surface area contributed by atoms with E-state index in [1.807, 2.05) is 0 Å². The monoisotopic (exact) mass is 387 g/mol. The second-order valence-electron chi connectivity index (χ2n) is 4.73. The van der Waals surface area contributed by atoms with Crippen molar-refractivity contribution in [2.75, 3.05) is 20.3 Å². The molecule has 7 heteroatoms. The van der Waals surface area contributed by atoms with Gasteiger partial charge in [0.15, 0.2) is 0 Å². The van der Waals surface area contributed by atoms with Crippen LogP contribution in [0, 0.1) is 0 Å². The number of rotatable bonds is 7. The van der Waals surface area contributed by atoms with E-state index < -0.39 is 18.5 Å². The molecular formula is C16H16BrF2NO3. The molecule has 124 valence electrons. The van der Waals surface area contributed by atoms with E-state index in [2.05, 4.69) is 15.9 Å². The van der Waals surface area contributed by atoms with Crippen LogP contribution in [-0.4, -0.2) is 31.3 Å². The van der Waals surface area contributed by atoms with Crippen molar-refractivity contribution in [2.45, 2.75) is 13.0 Å². The molecule has 4 nitrogen and oxygen atoms in total. The quantitative estimate of drug-likeness (QED) is 0.681. The molecule has 0 saturated heterocycles. The van der Waals surface area contributed by atoms with Crippen molar-refractivity contribution in [3.05, 3.63) is 51.2 Å². The Kier molecular flexibility index (Phi) is 6.29. The van der Waals surface area contributed by atoms with Gasteiger partial charge < -0.3 is 14.0 Å². The minimum Gasteiger partial charge on any atom is -0.491 e. The van der Waals surface area contributed by atoms with Crippen LogP contribution in [0.25, 0.3) is 11.3 Å². The Morgan fingerprint density at radius 3 is 2.65 bits per heavy atom. The Hall–Kier alpha value is -1.73. The highest BCUT2D eigenvalue weighted by Gasteiger charge is 2.13. The van der Waals surface area contributed by atoms with Gasteiger partial charge in [0.05, 0.1) is 18.8 Å². The third-order valence-corrected chi connectivity index (χ3v) is 3.80. The van der Waals surface area contributed by atoms with Crippen LogP contribution in [0.3, 0.4) is 0 Å². The highest BCUT2D eigenvalue weighted by atomic mass is 79.9. The summed E-state index contributed by atoms with van der Waals surface area (Å²) >= 11 is 3.40. The van der Waals surface area contributed by atoms with Crippen molar-refractivity contribution in [1.82, 2.24) is 4.57 Å². The Labute approximate surface area is 140 Å². The lowest BCUT2D eigenvalue weighted by Gasteiger charge is -2.14. The fraction of sp³-hybridized carbons (Fsp3) is 0.312. The van der Waals surface area contributed by atoms with Gasteiger partial charge in [-0.3, -0.25) is 4.79 Å². The van der Waals surface area contributed by atoms with Crippen molar-refractivity contribution in [1.29, 1.82) is 0 Å². The molecule has 0 N–H and O–H groups in total. The summed E-state index contributed by atoms with van der Waals surface area (Å²) in [5, 5.41) is 0. The van der Waals surface area contributed by atoms with Crippen LogP contribution in [0.1, 0.15) is 0 Å². The molecule has 0 bridgehead atoms. The zero-order valence-corrected chi connectivity index (χ0v) is 14.1.